The fourth-order valence-electron chi connectivity index (χ4n) is 0. The van der Waals surface area contributed by atoms with Gasteiger partial charge in [-0.05, 0) is 0 Å². The second-order valence-electron chi connectivity index (χ2n) is 1.37. The summed E-state index contributed by atoms with van der Waals surface area (Å²) in [7, 11) is 0. The van der Waals surface area contributed by atoms with Crippen LogP contribution in [0.4, 0.5) is 0 Å². The van der Waals surface area contributed by atoms with Crippen LogP contribution < -0.4 is 0 Å². The summed E-state index contributed by atoms with van der Waals surface area (Å²) in [6.07, 6.45) is 3.28. The first-order valence-electron chi connectivity index (χ1n) is 3.41. The fourth-order valence-corrected chi connectivity index (χ4v) is 0. The summed E-state index contributed by atoms with van der Waals surface area (Å²) < 4.78 is 0. The third kappa shape index (κ3) is 120. The van der Waals surface area contributed by atoms with Gasteiger partial charge in [0.15, 0.2) is 0 Å². The molecule has 0 atom stereocenters. The Balaban J connectivity index is -0.000000101. The molecule has 0 saturated heterocycles. The van der Waals surface area contributed by atoms with Gasteiger partial charge in [-0.1, -0.05) is 25.3 Å². The normalized spacial score (nSPS) is 6.67. The minimum Gasteiger partial charge on any atom is -0.394 e. The van der Waals surface area contributed by atoms with Crippen LogP contribution in [0.5, 0.6) is 0 Å². The molecular formula is C8H18O4. The molecule has 0 rings (SSSR count). The van der Waals surface area contributed by atoms with Crippen molar-refractivity contribution >= 4 is 0 Å². The Morgan fingerprint density at radius 2 is 0.833 bits per heavy atom. The van der Waals surface area contributed by atoms with Crippen molar-refractivity contribution in [3.63, 3.8) is 0 Å². The van der Waals surface area contributed by atoms with E-state index in [0.29, 0.717) is 0 Å². The second-order valence-corrected chi connectivity index (χ2v) is 1.37. The van der Waals surface area contributed by atoms with Crippen molar-refractivity contribution in [3.05, 3.63) is 25.3 Å². The molecule has 0 bridgehead atoms. The first-order chi connectivity index (χ1) is 5.74. The van der Waals surface area contributed by atoms with E-state index in [1.165, 1.54) is 0 Å². The minimum atomic E-state index is -0.125. The van der Waals surface area contributed by atoms with Gasteiger partial charge in [0, 0.05) is 0 Å². The summed E-state index contributed by atoms with van der Waals surface area (Å²) in [5.41, 5.74) is 0. The van der Waals surface area contributed by atoms with Crippen molar-refractivity contribution < 1.29 is 20.4 Å². The van der Waals surface area contributed by atoms with Crippen LogP contribution in [0.25, 0.3) is 0 Å². The molecule has 0 unspecified atom stereocenters. The summed E-state index contributed by atoms with van der Waals surface area (Å²) in [4.78, 5) is 0. The van der Waals surface area contributed by atoms with E-state index in [2.05, 4.69) is 13.2 Å². The van der Waals surface area contributed by atoms with Crippen molar-refractivity contribution in [2.75, 3.05) is 26.4 Å². The maximum atomic E-state index is 7.62. The molecule has 0 saturated carbocycles. The van der Waals surface area contributed by atoms with Gasteiger partial charge in [0.1, 0.15) is 0 Å². The first kappa shape index (κ1) is 17.4. The molecule has 0 aromatic heterocycles. The Morgan fingerprint density at radius 3 is 0.833 bits per heavy atom. The Labute approximate surface area is 73.1 Å². The van der Waals surface area contributed by atoms with E-state index in [1.807, 2.05) is 0 Å². The predicted octanol–water partition coefficient (Wildman–Crippen LogP) is -0.700. The molecule has 0 aromatic carbocycles. The zero-order valence-electron chi connectivity index (χ0n) is 7.19. The second kappa shape index (κ2) is 31.7. The van der Waals surface area contributed by atoms with Crippen LogP contribution >= 0.6 is 0 Å². The predicted molar refractivity (Wildman–Crippen MR) is 48.7 cm³/mol. The van der Waals surface area contributed by atoms with E-state index < -0.39 is 0 Å². The molecule has 0 radical (unpaired) electrons. The van der Waals surface area contributed by atoms with E-state index in [-0.39, 0.29) is 26.4 Å². The van der Waals surface area contributed by atoms with Crippen LogP contribution in [0, 0.1) is 0 Å². The lowest BCUT2D eigenvalue weighted by Crippen LogP contribution is -1.85. The number of aliphatic hydroxyl groups excluding tert-OH is 4. The average Bonchev–Trinajstić information content (AvgIpc) is 2.18. The van der Waals surface area contributed by atoms with Gasteiger partial charge in [-0.2, -0.15) is 0 Å². The monoisotopic (exact) mass is 178 g/mol. The number of rotatable bonds is 3. The quantitative estimate of drug-likeness (QED) is 0.431. The van der Waals surface area contributed by atoms with E-state index in [9.17, 15) is 0 Å². The third-order valence-corrected chi connectivity index (χ3v) is 0.367. The molecule has 0 amide bonds. The highest BCUT2D eigenvalue weighted by Crippen LogP contribution is 1.52. The van der Waals surface area contributed by atoms with Gasteiger partial charge < -0.3 is 20.4 Å². The SMILES string of the molecule is C=CC=C.OCCO.OCCO. The lowest BCUT2D eigenvalue weighted by atomic mass is 10.6. The molecule has 4 heteroatoms. The number of hydrogen-bond acceptors (Lipinski definition) is 4. The molecule has 12 heavy (non-hydrogen) atoms. The smallest absolute Gasteiger partial charge is 0.0662 e. The van der Waals surface area contributed by atoms with Crippen molar-refractivity contribution in [1.29, 1.82) is 0 Å². The lowest BCUT2D eigenvalue weighted by molar-refractivity contribution is 0.186. The standard InChI is InChI=1S/C4H6.2C2H6O2/c1-3-4-2;2*3-1-2-4/h3*3-4H,1-2H2. The van der Waals surface area contributed by atoms with Gasteiger partial charge in [0.2, 0.25) is 0 Å². The van der Waals surface area contributed by atoms with Gasteiger partial charge in [-0.25, -0.2) is 0 Å². The molecule has 0 aliphatic heterocycles. The first-order valence-corrected chi connectivity index (χ1v) is 3.41. The van der Waals surface area contributed by atoms with Crippen LogP contribution in [0.1, 0.15) is 0 Å². The largest absolute Gasteiger partial charge is 0.394 e. The maximum absolute atomic E-state index is 7.62. The van der Waals surface area contributed by atoms with E-state index in [0.717, 1.165) is 0 Å². The van der Waals surface area contributed by atoms with Crippen LogP contribution in [-0.4, -0.2) is 46.9 Å². The summed E-state index contributed by atoms with van der Waals surface area (Å²) in [5, 5.41) is 30.5. The van der Waals surface area contributed by atoms with Crippen molar-refractivity contribution in [3.8, 4) is 0 Å². The zero-order chi connectivity index (χ0) is 10.2. The summed E-state index contributed by atoms with van der Waals surface area (Å²) in [6.45, 7) is 6.22. The van der Waals surface area contributed by atoms with Crippen molar-refractivity contribution in [2.24, 2.45) is 0 Å². The maximum Gasteiger partial charge on any atom is 0.0662 e. The highest BCUT2D eigenvalue weighted by atomic mass is 16.3. The van der Waals surface area contributed by atoms with E-state index >= 15 is 0 Å². The van der Waals surface area contributed by atoms with Gasteiger partial charge >= 0.3 is 0 Å². The van der Waals surface area contributed by atoms with Gasteiger partial charge in [-0.15, -0.1) is 0 Å². The molecule has 74 valence electrons. The summed E-state index contributed by atoms with van der Waals surface area (Å²) in [6, 6.07) is 0. The fraction of sp³-hybridized carbons (Fsp3) is 0.500. The Morgan fingerprint density at radius 1 is 0.667 bits per heavy atom. The Bertz CT molecular complexity index is 59.5. The Hall–Kier alpha value is -0.680. The molecule has 0 spiro atoms. The number of hydrogen-bond donors (Lipinski definition) is 4. The minimum absolute atomic E-state index is 0.125. The molecule has 4 N–H and O–H groups in total. The van der Waals surface area contributed by atoms with Crippen LogP contribution in [0.2, 0.25) is 0 Å². The average molecular weight is 178 g/mol. The zero-order valence-corrected chi connectivity index (χ0v) is 7.19. The highest BCUT2D eigenvalue weighted by molar-refractivity contribution is 4.88. The van der Waals surface area contributed by atoms with Gasteiger partial charge in [-0.3, -0.25) is 0 Å². The molecule has 0 aliphatic rings. The number of allylic oxidation sites excluding steroid dienone is 2. The van der Waals surface area contributed by atoms with E-state index in [4.69, 9.17) is 20.4 Å². The molecule has 0 aliphatic carbocycles. The lowest BCUT2D eigenvalue weighted by Gasteiger charge is -1.70. The van der Waals surface area contributed by atoms with Gasteiger partial charge in [0.25, 0.3) is 0 Å². The highest BCUT2D eigenvalue weighted by Gasteiger charge is 1.58. The van der Waals surface area contributed by atoms with Gasteiger partial charge in [0.05, 0.1) is 26.4 Å². The molecule has 0 aromatic rings. The molecule has 0 fully saturated rings. The van der Waals surface area contributed by atoms with Crippen LogP contribution in [0.15, 0.2) is 25.3 Å². The summed E-state index contributed by atoms with van der Waals surface area (Å²) >= 11 is 0. The molecule has 4 nitrogen and oxygen atoms in total. The van der Waals surface area contributed by atoms with Crippen LogP contribution in [-0.2, 0) is 0 Å². The topological polar surface area (TPSA) is 80.9 Å². The number of aliphatic hydroxyl groups is 4. The third-order valence-electron chi connectivity index (χ3n) is 0.367. The van der Waals surface area contributed by atoms with Crippen molar-refractivity contribution in [1.82, 2.24) is 0 Å². The van der Waals surface area contributed by atoms with E-state index in [1.54, 1.807) is 12.2 Å². The van der Waals surface area contributed by atoms with Crippen molar-refractivity contribution in [2.45, 2.75) is 0 Å². The van der Waals surface area contributed by atoms with Crippen LogP contribution in [0.3, 0.4) is 0 Å². The molecule has 0 heterocycles. The summed E-state index contributed by atoms with van der Waals surface area (Å²) in [5.74, 6) is 0. The Kier molecular flexibility index (Phi) is 46.0. The molecular weight excluding hydrogens is 160 g/mol.